The first-order chi connectivity index (χ1) is 8.95. The maximum Gasteiger partial charge on any atom is 0.260 e. The lowest BCUT2D eigenvalue weighted by Gasteiger charge is -2.19. The van der Waals surface area contributed by atoms with Crippen LogP contribution in [-0.4, -0.2) is 16.7 Å². The second-order valence-corrected chi connectivity index (χ2v) is 4.57. The Balaban J connectivity index is 2.39. The highest BCUT2D eigenvalue weighted by atomic mass is 19.1. The lowest BCUT2D eigenvalue weighted by Crippen LogP contribution is -2.23. The van der Waals surface area contributed by atoms with E-state index in [0.29, 0.717) is 18.0 Å². The number of nitrogens with two attached hydrogens (primary N) is 1. The van der Waals surface area contributed by atoms with Gasteiger partial charge in [-0.25, -0.2) is 4.39 Å². The summed E-state index contributed by atoms with van der Waals surface area (Å²) in [6.07, 6.45) is 0. The Kier molecular flexibility index (Phi) is 3.53. The number of rotatable bonds is 4. The zero-order valence-corrected chi connectivity index (χ0v) is 11.1. The summed E-state index contributed by atoms with van der Waals surface area (Å²) in [6, 6.07) is 4.45. The second kappa shape index (κ2) is 4.97. The predicted molar refractivity (Wildman–Crippen MR) is 68.8 cm³/mol. The highest BCUT2D eigenvalue weighted by Gasteiger charge is 2.28. The molecule has 0 aliphatic rings. The Bertz CT molecular complexity index is 581. The molecule has 1 heterocycles. The van der Waals surface area contributed by atoms with E-state index in [0.717, 1.165) is 0 Å². The van der Waals surface area contributed by atoms with Crippen LogP contribution in [0.25, 0.3) is 11.5 Å². The molecule has 0 saturated carbocycles. The molecule has 1 aromatic carbocycles. The number of anilines is 1. The van der Waals surface area contributed by atoms with Gasteiger partial charge in [0.1, 0.15) is 11.4 Å². The molecule has 6 heteroatoms. The third kappa shape index (κ3) is 2.58. The molecule has 0 atom stereocenters. The van der Waals surface area contributed by atoms with Gasteiger partial charge in [-0.15, -0.1) is 0 Å². The Hall–Kier alpha value is -1.95. The highest BCUT2D eigenvalue weighted by Crippen LogP contribution is 2.29. The number of ether oxygens (including phenoxy) is 1. The van der Waals surface area contributed by atoms with Gasteiger partial charge in [-0.05, 0) is 32.9 Å². The summed E-state index contributed by atoms with van der Waals surface area (Å²) in [5.74, 6) is 0.0640. The van der Waals surface area contributed by atoms with Crippen molar-refractivity contribution in [3.63, 3.8) is 0 Å². The molecule has 0 fully saturated rings. The van der Waals surface area contributed by atoms with Gasteiger partial charge in [0.2, 0.25) is 5.82 Å². The average Bonchev–Trinajstić information content (AvgIpc) is 2.82. The van der Waals surface area contributed by atoms with E-state index in [4.69, 9.17) is 15.0 Å². The topological polar surface area (TPSA) is 74.2 Å². The van der Waals surface area contributed by atoms with Crippen molar-refractivity contribution in [3.05, 3.63) is 29.8 Å². The maximum absolute atomic E-state index is 13.4. The molecule has 2 N–H and O–H groups in total. The molecule has 0 radical (unpaired) electrons. The molecule has 0 saturated heterocycles. The van der Waals surface area contributed by atoms with Gasteiger partial charge in [0.05, 0.1) is 11.3 Å². The van der Waals surface area contributed by atoms with E-state index in [9.17, 15) is 4.39 Å². The number of benzene rings is 1. The van der Waals surface area contributed by atoms with Crippen LogP contribution >= 0.6 is 0 Å². The van der Waals surface area contributed by atoms with Gasteiger partial charge in [0.25, 0.3) is 5.89 Å². The Morgan fingerprint density at radius 2 is 2.16 bits per heavy atom. The minimum atomic E-state index is -0.668. The van der Waals surface area contributed by atoms with Crippen LogP contribution in [0.3, 0.4) is 0 Å². The van der Waals surface area contributed by atoms with E-state index >= 15 is 0 Å². The van der Waals surface area contributed by atoms with Crippen LogP contribution in [0.5, 0.6) is 0 Å². The van der Waals surface area contributed by atoms with Crippen LogP contribution in [-0.2, 0) is 10.3 Å². The lowest BCUT2D eigenvalue weighted by atomic mass is 10.1. The molecule has 0 aliphatic carbocycles. The monoisotopic (exact) mass is 265 g/mol. The molecule has 0 amide bonds. The van der Waals surface area contributed by atoms with Crippen molar-refractivity contribution >= 4 is 5.69 Å². The molecule has 0 unspecified atom stereocenters. The second-order valence-electron chi connectivity index (χ2n) is 4.57. The predicted octanol–water partition coefficient (Wildman–Crippen LogP) is 2.73. The third-order valence-electron chi connectivity index (χ3n) is 2.75. The third-order valence-corrected chi connectivity index (χ3v) is 2.75. The van der Waals surface area contributed by atoms with Crippen molar-refractivity contribution in [2.45, 2.75) is 26.4 Å². The SMILES string of the molecule is CCOC(C)(C)c1noc(-c2cccc(F)c2N)n1. The van der Waals surface area contributed by atoms with Gasteiger partial charge in [-0.1, -0.05) is 11.2 Å². The fraction of sp³-hybridized carbons (Fsp3) is 0.385. The number of hydrogen-bond acceptors (Lipinski definition) is 5. The zero-order valence-electron chi connectivity index (χ0n) is 11.1. The summed E-state index contributed by atoms with van der Waals surface area (Å²) in [4.78, 5) is 4.22. The standard InChI is InChI=1S/C13H16FN3O2/c1-4-18-13(2,3)12-16-11(19-17-12)8-6-5-7-9(14)10(8)15/h5-7H,4,15H2,1-3H3. The fourth-order valence-electron chi connectivity index (χ4n) is 1.73. The molecule has 1 aromatic heterocycles. The maximum atomic E-state index is 13.4. The van der Waals surface area contributed by atoms with Gasteiger partial charge >= 0.3 is 0 Å². The van der Waals surface area contributed by atoms with Crippen LogP contribution < -0.4 is 5.73 Å². The quantitative estimate of drug-likeness (QED) is 0.860. The molecule has 2 rings (SSSR count). The summed E-state index contributed by atoms with van der Waals surface area (Å²) in [6.45, 7) is 6.08. The Labute approximate surface area is 110 Å². The van der Waals surface area contributed by atoms with Crippen molar-refractivity contribution in [2.75, 3.05) is 12.3 Å². The van der Waals surface area contributed by atoms with Gasteiger partial charge in [0.15, 0.2) is 0 Å². The van der Waals surface area contributed by atoms with E-state index < -0.39 is 11.4 Å². The first-order valence-electron chi connectivity index (χ1n) is 5.98. The van der Waals surface area contributed by atoms with Crippen molar-refractivity contribution < 1.29 is 13.7 Å². The fourth-order valence-corrected chi connectivity index (χ4v) is 1.73. The largest absolute Gasteiger partial charge is 0.396 e. The normalized spacial score (nSPS) is 11.8. The molecule has 19 heavy (non-hydrogen) atoms. The van der Waals surface area contributed by atoms with Crippen molar-refractivity contribution in [1.29, 1.82) is 0 Å². The molecular weight excluding hydrogens is 249 g/mol. The van der Waals surface area contributed by atoms with Crippen LogP contribution in [0, 0.1) is 5.82 Å². The Morgan fingerprint density at radius 1 is 1.42 bits per heavy atom. The summed E-state index contributed by atoms with van der Waals surface area (Å²) in [5, 5.41) is 3.86. The minimum absolute atomic E-state index is 0.00749. The number of nitrogen functional groups attached to an aromatic ring is 1. The molecule has 102 valence electrons. The molecule has 0 bridgehead atoms. The average molecular weight is 265 g/mol. The number of nitrogens with zero attached hydrogens (tertiary/aromatic N) is 2. The number of aromatic nitrogens is 2. The van der Waals surface area contributed by atoms with E-state index in [1.165, 1.54) is 6.07 Å². The van der Waals surface area contributed by atoms with Gasteiger partial charge in [-0.2, -0.15) is 4.98 Å². The van der Waals surface area contributed by atoms with Gasteiger partial charge < -0.3 is 15.0 Å². The van der Waals surface area contributed by atoms with E-state index in [1.807, 2.05) is 20.8 Å². The van der Waals surface area contributed by atoms with Crippen molar-refractivity contribution in [2.24, 2.45) is 0 Å². The van der Waals surface area contributed by atoms with Gasteiger partial charge in [-0.3, -0.25) is 0 Å². The van der Waals surface area contributed by atoms with Crippen LogP contribution in [0.4, 0.5) is 10.1 Å². The molecule has 2 aromatic rings. The zero-order chi connectivity index (χ0) is 14.0. The minimum Gasteiger partial charge on any atom is -0.396 e. The summed E-state index contributed by atoms with van der Waals surface area (Å²) < 4.78 is 24.0. The number of hydrogen-bond donors (Lipinski definition) is 1. The Morgan fingerprint density at radius 3 is 2.84 bits per heavy atom. The van der Waals surface area contributed by atoms with Crippen molar-refractivity contribution in [3.8, 4) is 11.5 Å². The first kappa shape index (κ1) is 13.5. The van der Waals surface area contributed by atoms with Crippen LogP contribution in [0.1, 0.15) is 26.6 Å². The molecule has 0 spiro atoms. The number of para-hydroxylation sites is 1. The summed E-state index contributed by atoms with van der Waals surface area (Å²) >= 11 is 0. The smallest absolute Gasteiger partial charge is 0.260 e. The van der Waals surface area contributed by atoms with Gasteiger partial charge in [0, 0.05) is 6.61 Å². The summed E-state index contributed by atoms with van der Waals surface area (Å²) in [5.41, 5.74) is 5.36. The first-order valence-corrected chi connectivity index (χ1v) is 5.98. The highest BCUT2D eigenvalue weighted by molar-refractivity contribution is 5.70. The van der Waals surface area contributed by atoms with E-state index in [2.05, 4.69) is 10.1 Å². The van der Waals surface area contributed by atoms with E-state index in [1.54, 1.807) is 12.1 Å². The molecular formula is C13H16FN3O2. The molecule has 0 aliphatic heterocycles. The summed E-state index contributed by atoms with van der Waals surface area (Å²) in [7, 11) is 0. The van der Waals surface area contributed by atoms with Crippen LogP contribution in [0.2, 0.25) is 0 Å². The van der Waals surface area contributed by atoms with E-state index in [-0.39, 0.29) is 11.6 Å². The molecule has 5 nitrogen and oxygen atoms in total. The number of halogens is 1. The van der Waals surface area contributed by atoms with Crippen molar-refractivity contribution in [1.82, 2.24) is 10.1 Å². The van der Waals surface area contributed by atoms with Crippen LogP contribution in [0.15, 0.2) is 22.7 Å². The lowest BCUT2D eigenvalue weighted by molar-refractivity contribution is -0.0221.